The highest BCUT2D eigenvalue weighted by Gasteiger charge is 2.30. The highest BCUT2D eigenvalue weighted by atomic mass is 19.4. The number of alkyl halides is 3. The molecule has 1 N–H and O–H groups in total. The van der Waals surface area contributed by atoms with Gasteiger partial charge in [0, 0.05) is 25.0 Å². The van der Waals surface area contributed by atoms with Gasteiger partial charge in [-0.3, -0.25) is 14.8 Å². The number of aromatic nitrogens is 2. The molecule has 0 aliphatic rings. The van der Waals surface area contributed by atoms with Gasteiger partial charge in [-0.1, -0.05) is 12.1 Å². The maximum absolute atomic E-state index is 12.6. The van der Waals surface area contributed by atoms with E-state index in [0.29, 0.717) is 11.3 Å². The van der Waals surface area contributed by atoms with E-state index in [1.165, 1.54) is 30.7 Å². The van der Waals surface area contributed by atoms with Gasteiger partial charge in [-0.2, -0.15) is 13.2 Å². The molecule has 5 nitrogen and oxygen atoms in total. The average Bonchev–Trinajstić information content (AvgIpc) is 2.54. The Labute approximate surface area is 136 Å². The predicted octanol–water partition coefficient (Wildman–Crippen LogP) is 3.27. The van der Waals surface area contributed by atoms with E-state index in [9.17, 15) is 18.0 Å². The number of aliphatic carboxylic acids is 1. The standard InChI is InChI=1S/C16H15F3N2O3/c17-16(18,19)12-3-1-11(2-4-12)14(24-8-5-15(22)23)9-13-10-20-6-7-21-13/h1-4,6-7,10,14H,5,8-9H2,(H,22,23). The van der Waals surface area contributed by atoms with Crippen molar-refractivity contribution in [2.45, 2.75) is 25.1 Å². The van der Waals surface area contributed by atoms with Crippen LogP contribution in [0.2, 0.25) is 0 Å². The fourth-order valence-corrected chi connectivity index (χ4v) is 2.07. The minimum absolute atomic E-state index is 0.0543. The van der Waals surface area contributed by atoms with Crippen LogP contribution in [-0.4, -0.2) is 27.7 Å². The molecular formula is C16H15F3N2O3. The molecule has 1 heterocycles. The molecule has 0 aliphatic heterocycles. The third kappa shape index (κ3) is 5.31. The van der Waals surface area contributed by atoms with Crippen molar-refractivity contribution in [3.63, 3.8) is 0 Å². The van der Waals surface area contributed by atoms with E-state index in [1.54, 1.807) is 0 Å². The number of halogens is 3. The fourth-order valence-electron chi connectivity index (χ4n) is 2.07. The maximum atomic E-state index is 12.6. The molecule has 0 radical (unpaired) electrons. The van der Waals surface area contributed by atoms with Crippen molar-refractivity contribution >= 4 is 5.97 Å². The van der Waals surface area contributed by atoms with E-state index >= 15 is 0 Å². The highest BCUT2D eigenvalue weighted by molar-refractivity contribution is 5.66. The van der Waals surface area contributed by atoms with Crippen LogP contribution in [0.4, 0.5) is 13.2 Å². The first-order valence-electron chi connectivity index (χ1n) is 7.11. The molecule has 8 heteroatoms. The monoisotopic (exact) mass is 340 g/mol. The first-order chi connectivity index (χ1) is 11.4. The molecule has 1 aromatic heterocycles. The van der Waals surface area contributed by atoms with Gasteiger partial charge in [0.15, 0.2) is 0 Å². The molecule has 0 saturated heterocycles. The quantitative estimate of drug-likeness (QED) is 0.837. The minimum Gasteiger partial charge on any atom is -0.481 e. The number of rotatable bonds is 7. The van der Waals surface area contributed by atoms with Crippen LogP contribution in [0.3, 0.4) is 0 Å². The SMILES string of the molecule is O=C(O)CCOC(Cc1cnccn1)c1ccc(C(F)(F)F)cc1. The van der Waals surface area contributed by atoms with Gasteiger partial charge in [-0.25, -0.2) is 0 Å². The van der Waals surface area contributed by atoms with Crippen molar-refractivity contribution in [1.82, 2.24) is 9.97 Å². The van der Waals surface area contributed by atoms with Gasteiger partial charge in [-0.05, 0) is 17.7 Å². The van der Waals surface area contributed by atoms with Crippen LogP contribution in [-0.2, 0) is 22.1 Å². The molecule has 0 spiro atoms. The Morgan fingerprint density at radius 3 is 2.46 bits per heavy atom. The first kappa shape index (κ1) is 17.9. The van der Waals surface area contributed by atoms with Crippen LogP contribution in [0.1, 0.15) is 29.3 Å². The van der Waals surface area contributed by atoms with Gasteiger partial charge in [-0.15, -0.1) is 0 Å². The normalized spacial score (nSPS) is 12.8. The molecule has 128 valence electrons. The summed E-state index contributed by atoms with van der Waals surface area (Å²) < 4.78 is 43.5. The van der Waals surface area contributed by atoms with Gasteiger partial charge < -0.3 is 9.84 Å². The second-order valence-electron chi connectivity index (χ2n) is 5.02. The molecule has 0 amide bonds. The molecule has 0 bridgehead atoms. The zero-order valence-electron chi connectivity index (χ0n) is 12.5. The number of benzene rings is 1. The molecule has 1 atom stereocenters. The number of ether oxygens (including phenoxy) is 1. The maximum Gasteiger partial charge on any atom is 0.416 e. The molecule has 2 aromatic rings. The average molecular weight is 340 g/mol. The predicted molar refractivity (Wildman–Crippen MR) is 78.1 cm³/mol. The number of nitrogens with zero attached hydrogens (tertiary/aromatic N) is 2. The van der Waals surface area contributed by atoms with E-state index < -0.39 is 23.8 Å². The Bertz CT molecular complexity index is 661. The zero-order chi connectivity index (χ0) is 17.6. The number of carboxylic acids is 1. The molecule has 2 rings (SSSR count). The molecule has 0 fully saturated rings. The second kappa shape index (κ2) is 7.87. The van der Waals surface area contributed by atoms with Crippen LogP contribution in [0, 0.1) is 0 Å². The van der Waals surface area contributed by atoms with Gasteiger partial charge in [0.1, 0.15) is 0 Å². The second-order valence-corrected chi connectivity index (χ2v) is 5.02. The summed E-state index contributed by atoms with van der Waals surface area (Å²) >= 11 is 0. The van der Waals surface area contributed by atoms with Crippen molar-refractivity contribution in [3.05, 3.63) is 59.7 Å². The Balaban J connectivity index is 2.16. The van der Waals surface area contributed by atoms with Gasteiger partial charge in [0.2, 0.25) is 0 Å². The van der Waals surface area contributed by atoms with Crippen molar-refractivity contribution in [3.8, 4) is 0 Å². The van der Waals surface area contributed by atoms with Gasteiger partial charge in [0.05, 0.1) is 30.4 Å². The smallest absolute Gasteiger partial charge is 0.416 e. The number of hydrogen-bond acceptors (Lipinski definition) is 4. The molecule has 1 unspecified atom stereocenters. The lowest BCUT2D eigenvalue weighted by Gasteiger charge is -2.18. The zero-order valence-corrected chi connectivity index (χ0v) is 12.5. The van der Waals surface area contributed by atoms with E-state index in [4.69, 9.17) is 9.84 Å². The summed E-state index contributed by atoms with van der Waals surface area (Å²) in [6.45, 7) is -0.0543. The molecule has 1 aromatic carbocycles. The number of carbonyl (C=O) groups is 1. The Hall–Kier alpha value is -2.48. The van der Waals surface area contributed by atoms with E-state index in [2.05, 4.69) is 9.97 Å². The van der Waals surface area contributed by atoms with Crippen LogP contribution in [0.5, 0.6) is 0 Å². The highest BCUT2D eigenvalue weighted by Crippen LogP contribution is 2.31. The number of carboxylic acid groups (broad SMARTS) is 1. The van der Waals surface area contributed by atoms with Crippen molar-refractivity contribution in [2.24, 2.45) is 0 Å². The Morgan fingerprint density at radius 1 is 1.21 bits per heavy atom. The summed E-state index contributed by atoms with van der Waals surface area (Å²) in [5.41, 5.74) is 0.354. The number of hydrogen-bond donors (Lipinski definition) is 1. The van der Waals surface area contributed by atoms with Crippen molar-refractivity contribution < 1.29 is 27.8 Å². The fraction of sp³-hybridized carbons (Fsp3) is 0.312. The lowest BCUT2D eigenvalue weighted by atomic mass is 10.0. The summed E-state index contributed by atoms with van der Waals surface area (Å²) in [4.78, 5) is 18.6. The molecule has 24 heavy (non-hydrogen) atoms. The third-order valence-corrected chi connectivity index (χ3v) is 3.26. The largest absolute Gasteiger partial charge is 0.481 e. The van der Waals surface area contributed by atoms with E-state index in [1.807, 2.05) is 0 Å². The summed E-state index contributed by atoms with van der Waals surface area (Å²) in [5.74, 6) is -1.01. The first-order valence-corrected chi connectivity index (χ1v) is 7.11. The summed E-state index contributed by atoms with van der Waals surface area (Å²) in [7, 11) is 0. The van der Waals surface area contributed by atoms with Crippen molar-refractivity contribution in [1.29, 1.82) is 0 Å². The van der Waals surface area contributed by atoms with Crippen LogP contribution in [0.25, 0.3) is 0 Å². The van der Waals surface area contributed by atoms with Crippen LogP contribution in [0.15, 0.2) is 42.9 Å². The lowest BCUT2D eigenvalue weighted by molar-refractivity contribution is -0.139. The topological polar surface area (TPSA) is 72.3 Å². The lowest BCUT2D eigenvalue weighted by Crippen LogP contribution is -2.13. The van der Waals surface area contributed by atoms with Gasteiger partial charge >= 0.3 is 12.1 Å². The summed E-state index contributed by atoms with van der Waals surface area (Å²) in [6.07, 6.45) is -0.418. The van der Waals surface area contributed by atoms with Crippen molar-refractivity contribution in [2.75, 3.05) is 6.61 Å². The summed E-state index contributed by atoms with van der Waals surface area (Å²) in [6, 6.07) is 4.59. The Morgan fingerprint density at radius 2 is 1.92 bits per heavy atom. The Kier molecular flexibility index (Phi) is 5.86. The van der Waals surface area contributed by atoms with Crippen LogP contribution < -0.4 is 0 Å². The molecule has 0 saturated carbocycles. The third-order valence-electron chi connectivity index (χ3n) is 3.26. The summed E-state index contributed by atoms with van der Waals surface area (Å²) in [5, 5.41) is 8.69. The van der Waals surface area contributed by atoms with Crippen LogP contribution >= 0.6 is 0 Å². The molecule has 0 aliphatic carbocycles. The van der Waals surface area contributed by atoms with E-state index in [-0.39, 0.29) is 19.4 Å². The molecular weight excluding hydrogens is 325 g/mol. The minimum atomic E-state index is -4.41. The van der Waals surface area contributed by atoms with E-state index in [0.717, 1.165) is 12.1 Å². The van der Waals surface area contributed by atoms with Gasteiger partial charge in [0.25, 0.3) is 0 Å².